The summed E-state index contributed by atoms with van der Waals surface area (Å²) in [5.74, 6) is 0.340. The molecule has 0 aliphatic carbocycles. The van der Waals surface area contributed by atoms with E-state index < -0.39 is 5.91 Å². The molecule has 1 amide bonds. The predicted octanol–water partition coefficient (Wildman–Crippen LogP) is 0.400. The zero-order chi connectivity index (χ0) is 9.84. The lowest BCUT2D eigenvalue weighted by atomic mass is 10.2. The van der Waals surface area contributed by atoms with E-state index in [4.69, 9.17) is 15.2 Å². The highest BCUT2D eigenvalue weighted by Crippen LogP contribution is 2.29. The number of hydrogen-bond donors (Lipinski definition) is 1. The number of halogens is 1. The molecule has 86 valence electrons. The molecule has 5 nitrogen and oxygen atoms in total. The van der Waals surface area contributed by atoms with Crippen molar-refractivity contribution in [3.05, 3.63) is 23.8 Å². The molecule has 0 aliphatic rings. The van der Waals surface area contributed by atoms with Crippen molar-refractivity contribution in [3.63, 3.8) is 0 Å². The SMILES string of the molecule is COc1cccc(C(N)=O)c1OC.Cl.O. The minimum Gasteiger partial charge on any atom is -0.493 e. The summed E-state index contributed by atoms with van der Waals surface area (Å²) in [7, 11) is 2.97. The highest BCUT2D eigenvalue weighted by atomic mass is 35.5. The molecule has 1 aromatic rings. The van der Waals surface area contributed by atoms with Gasteiger partial charge in [-0.1, -0.05) is 6.07 Å². The maximum Gasteiger partial charge on any atom is 0.252 e. The van der Waals surface area contributed by atoms with Crippen molar-refractivity contribution in [3.8, 4) is 11.5 Å². The first-order chi connectivity index (χ1) is 6.20. The van der Waals surface area contributed by atoms with Crippen molar-refractivity contribution in [1.82, 2.24) is 0 Å². The van der Waals surface area contributed by atoms with Crippen molar-refractivity contribution in [2.45, 2.75) is 0 Å². The highest BCUT2D eigenvalue weighted by molar-refractivity contribution is 5.96. The summed E-state index contributed by atoms with van der Waals surface area (Å²) >= 11 is 0. The molecule has 0 heterocycles. The molecule has 0 aromatic heterocycles. The van der Waals surface area contributed by atoms with Crippen LogP contribution < -0.4 is 15.2 Å². The second-order valence-electron chi connectivity index (χ2n) is 2.41. The summed E-state index contributed by atoms with van der Waals surface area (Å²) < 4.78 is 10.00. The Balaban J connectivity index is 0. The van der Waals surface area contributed by atoms with E-state index in [0.717, 1.165) is 0 Å². The van der Waals surface area contributed by atoms with Crippen molar-refractivity contribution < 1.29 is 19.7 Å². The van der Waals surface area contributed by atoms with Gasteiger partial charge in [0.2, 0.25) is 0 Å². The van der Waals surface area contributed by atoms with E-state index in [1.54, 1.807) is 18.2 Å². The van der Waals surface area contributed by atoms with Crippen LogP contribution in [0.3, 0.4) is 0 Å². The second kappa shape index (κ2) is 6.92. The minimum atomic E-state index is -0.532. The van der Waals surface area contributed by atoms with E-state index in [1.807, 2.05) is 0 Å². The molecule has 0 unspecified atom stereocenters. The molecule has 0 saturated carbocycles. The Bertz CT molecular complexity index is 330. The van der Waals surface area contributed by atoms with Crippen LogP contribution in [0.1, 0.15) is 10.4 Å². The van der Waals surface area contributed by atoms with Gasteiger partial charge in [-0.3, -0.25) is 4.79 Å². The van der Waals surface area contributed by atoms with Gasteiger partial charge in [0.1, 0.15) is 0 Å². The van der Waals surface area contributed by atoms with Crippen molar-refractivity contribution in [2.24, 2.45) is 5.73 Å². The van der Waals surface area contributed by atoms with Crippen LogP contribution in [-0.2, 0) is 0 Å². The monoisotopic (exact) mass is 235 g/mol. The Labute approximate surface area is 93.9 Å². The summed E-state index contributed by atoms with van der Waals surface area (Å²) in [4.78, 5) is 10.9. The van der Waals surface area contributed by atoms with Gasteiger partial charge >= 0.3 is 0 Å². The van der Waals surface area contributed by atoms with Gasteiger partial charge < -0.3 is 20.7 Å². The zero-order valence-corrected chi connectivity index (χ0v) is 9.26. The van der Waals surface area contributed by atoms with Gasteiger partial charge in [-0.05, 0) is 12.1 Å². The number of rotatable bonds is 3. The number of amides is 1. The maximum absolute atomic E-state index is 10.9. The van der Waals surface area contributed by atoms with E-state index in [2.05, 4.69) is 0 Å². The van der Waals surface area contributed by atoms with Crippen molar-refractivity contribution in [2.75, 3.05) is 14.2 Å². The van der Waals surface area contributed by atoms with Gasteiger partial charge in [-0.2, -0.15) is 0 Å². The largest absolute Gasteiger partial charge is 0.493 e. The van der Waals surface area contributed by atoms with Crippen LogP contribution in [0.4, 0.5) is 0 Å². The van der Waals surface area contributed by atoms with Crippen LogP contribution >= 0.6 is 12.4 Å². The second-order valence-corrected chi connectivity index (χ2v) is 2.41. The first kappa shape index (κ1) is 16.0. The standard InChI is InChI=1S/C9H11NO3.ClH.H2O/c1-12-7-5-3-4-6(9(10)11)8(7)13-2;;/h3-5H,1-2H3,(H2,10,11);1H;1H2. The first-order valence-corrected chi connectivity index (χ1v) is 3.71. The summed E-state index contributed by atoms with van der Waals surface area (Å²) in [5, 5.41) is 0. The smallest absolute Gasteiger partial charge is 0.252 e. The lowest BCUT2D eigenvalue weighted by molar-refractivity contribution is 0.0996. The fourth-order valence-corrected chi connectivity index (χ4v) is 1.08. The average Bonchev–Trinajstić information content (AvgIpc) is 2.16. The minimum absolute atomic E-state index is 0. The number of para-hydroxylation sites is 1. The highest BCUT2D eigenvalue weighted by Gasteiger charge is 2.12. The quantitative estimate of drug-likeness (QED) is 0.822. The van der Waals surface area contributed by atoms with Gasteiger partial charge in [-0.15, -0.1) is 12.4 Å². The molecule has 1 rings (SSSR count). The van der Waals surface area contributed by atoms with Crippen molar-refractivity contribution in [1.29, 1.82) is 0 Å². The average molecular weight is 236 g/mol. The third-order valence-corrected chi connectivity index (χ3v) is 1.67. The fourth-order valence-electron chi connectivity index (χ4n) is 1.08. The fraction of sp³-hybridized carbons (Fsp3) is 0.222. The number of hydrogen-bond acceptors (Lipinski definition) is 3. The first-order valence-electron chi connectivity index (χ1n) is 3.71. The molecule has 15 heavy (non-hydrogen) atoms. The lowest BCUT2D eigenvalue weighted by Gasteiger charge is -2.09. The molecule has 0 fully saturated rings. The molecule has 0 atom stereocenters. The Kier molecular flexibility index (Phi) is 7.37. The third-order valence-electron chi connectivity index (χ3n) is 1.67. The van der Waals surface area contributed by atoms with E-state index in [9.17, 15) is 4.79 Å². The number of benzene rings is 1. The number of ether oxygens (including phenoxy) is 2. The number of carbonyl (C=O) groups excluding carboxylic acids is 1. The van der Waals surface area contributed by atoms with Crippen LogP contribution in [0.5, 0.6) is 11.5 Å². The lowest BCUT2D eigenvalue weighted by Crippen LogP contribution is -2.12. The summed E-state index contributed by atoms with van der Waals surface area (Å²) in [5.41, 5.74) is 5.46. The number of carbonyl (C=O) groups is 1. The molecule has 0 bridgehead atoms. The Morgan fingerprint density at radius 2 is 1.87 bits per heavy atom. The Morgan fingerprint density at radius 3 is 2.27 bits per heavy atom. The normalized spacial score (nSPS) is 8.13. The van der Waals surface area contributed by atoms with Gasteiger partial charge in [0.25, 0.3) is 5.91 Å². The van der Waals surface area contributed by atoms with Gasteiger partial charge in [0, 0.05) is 0 Å². The van der Waals surface area contributed by atoms with Crippen LogP contribution in [0.15, 0.2) is 18.2 Å². The van der Waals surface area contributed by atoms with E-state index in [-0.39, 0.29) is 17.9 Å². The van der Waals surface area contributed by atoms with Crippen LogP contribution in [-0.4, -0.2) is 25.6 Å². The van der Waals surface area contributed by atoms with Crippen LogP contribution in [0.25, 0.3) is 0 Å². The van der Waals surface area contributed by atoms with Gasteiger partial charge in [0.05, 0.1) is 19.8 Å². The Morgan fingerprint density at radius 1 is 1.27 bits per heavy atom. The molecule has 0 spiro atoms. The number of methoxy groups -OCH3 is 2. The maximum atomic E-state index is 10.9. The van der Waals surface area contributed by atoms with E-state index in [0.29, 0.717) is 17.1 Å². The van der Waals surface area contributed by atoms with Crippen molar-refractivity contribution >= 4 is 18.3 Å². The van der Waals surface area contributed by atoms with E-state index >= 15 is 0 Å². The van der Waals surface area contributed by atoms with Crippen LogP contribution in [0, 0.1) is 0 Å². The van der Waals surface area contributed by atoms with Gasteiger partial charge in [0.15, 0.2) is 11.5 Å². The third kappa shape index (κ3) is 3.30. The molecule has 6 heteroatoms. The molecular formula is C9H14ClNO4. The zero-order valence-electron chi connectivity index (χ0n) is 8.44. The number of primary amides is 1. The predicted molar refractivity (Wildman–Crippen MR) is 58.9 cm³/mol. The summed E-state index contributed by atoms with van der Waals surface area (Å²) in [6, 6.07) is 4.97. The summed E-state index contributed by atoms with van der Waals surface area (Å²) in [6.07, 6.45) is 0. The van der Waals surface area contributed by atoms with Crippen LogP contribution in [0.2, 0.25) is 0 Å². The molecular weight excluding hydrogens is 222 g/mol. The molecule has 4 N–H and O–H groups in total. The Hall–Kier alpha value is -1.46. The molecule has 0 radical (unpaired) electrons. The topological polar surface area (TPSA) is 93.0 Å². The molecule has 0 aliphatic heterocycles. The molecule has 1 aromatic carbocycles. The van der Waals surface area contributed by atoms with E-state index in [1.165, 1.54) is 14.2 Å². The van der Waals surface area contributed by atoms with Gasteiger partial charge in [-0.25, -0.2) is 0 Å². The number of nitrogens with two attached hydrogens (primary N) is 1. The summed E-state index contributed by atoms with van der Waals surface area (Å²) in [6.45, 7) is 0. The molecule has 0 saturated heterocycles.